The molecule has 0 fully saturated rings. The average Bonchev–Trinajstić information content (AvgIpc) is 3.18. The highest BCUT2D eigenvalue weighted by atomic mass is 16.5. The molecular formula is C22H20N4O3. The van der Waals surface area contributed by atoms with Crippen LogP contribution in [-0.2, 0) is 14.9 Å². The van der Waals surface area contributed by atoms with E-state index in [0.717, 1.165) is 5.56 Å². The SMILES string of the molecule is COC(=O)C(C)(c1ccc(O)cc1)c1ccn2ncnc(-c3ccccc3N)c12. The molecule has 4 aromatic rings. The van der Waals surface area contributed by atoms with Crippen molar-refractivity contribution < 1.29 is 14.6 Å². The molecule has 0 aliphatic carbocycles. The van der Waals surface area contributed by atoms with Gasteiger partial charge in [0, 0.05) is 23.0 Å². The number of nitrogens with two attached hydrogens (primary N) is 1. The number of methoxy groups -OCH3 is 1. The summed E-state index contributed by atoms with van der Waals surface area (Å²) in [4.78, 5) is 17.5. The Bertz CT molecular complexity index is 1200. The Balaban J connectivity index is 2.05. The van der Waals surface area contributed by atoms with E-state index in [1.54, 1.807) is 48.0 Å². The van der Waals surface area contributed by atoms with Gasteiger partial charge in [0.05, 0.1) is 12.6 Å². The number of para-hydroxylation sites is 1. The number of phenols is 1. The van der Waals surface area contributed by atoms with Gasteiger partial charge < -0.3 is 15.6 Å². The summed E-state index contributed by atoms with van der Waals surface area (Å²) >= 11 is 0. The second-order valence-corrected chi connectivity index (χ2v) is 6.88. The predicted molar refractivity (Wildman–Crippen MR) is 109 cm³/mol. The molecule has 146 valence electrons. The zero-order chi connectivity index (χ0) is 20.6. The molecule has 7 nitrogen and oxygen atoms in total. The first kappa shape index (κ1) is 18.5. The topological polar surface area (TPSA) is 103 Å². The van der Waals surface area contributed by atoms with E-state index < -0.39 is 11.4 Å². The number of carbonyl (C=O) groups is 1. The minimum Gasteiger partial charge on any atom is -0.508 e. The number of anilines is 1. The number of hydrogen-bond donors (Lipinski definition) is 2. The molecule has 0 aliphatic heterocycles. The van der Waals surface area contributed by atoms with Gasteiger partial charge in [0.1, 0.15) is 23.2 Å². The summed E-state index contributed by atoms with van der Waals surface area (Å²) < 4.78 is 6.84. The number of hydrogen-bond acceptors (Lipinski definition) is 6. The minimum atomic E-state index is -1.15. The Morgan fingerprint density at radius 1 is 1.14 bits per heavy atom. The van der Waals surface area contributed by atoms with Crippen molar-refractivity contribution in [2.45, 2.75) is 12.3 Å². The fourth-order valence-corrected chi connectivity index (χ4v) is 3.65. The molecule has 0 spiro atoms. The molecule has 29 heavy (non-hydrogen) atoms. The fourth-order valence-electron chi connectivity index (χ4n) is 3.65. The maximum Gasteiger partial charge on any atom is 0.320 e. The van der Waals surface area contributed by atoms with Gasteiger partial charge in [-0.05, 0) is 36.8 Å². The van der Waals surface area contributed by atoms with Gasteiger partial charge in [0.25, 0.3) is 0 Å². The van der Waals surface area contributed by atoms with Gasteiger partial charge in [0.15, 0.2) is 0 Å². The number of phenolic OH excluding ortho intramolecular Hbond substituents is 1. The van der Waals surface area contributed by atoms with E-state index >= 15 is 0 Å². The van der Waals surface area contributed by atoms with Crippen molar-refractivity contribution in [2.75, 3.05) is 12.8 Å². The van der Waals surface area contributed by atoms with Crippen LogP contribution >= 0.6 is 0 Å². The first-order valence-corrected chi connectivity index (χ1v) is 9.02. The zero-order valence-electron chi connectivity index (χ0n) is 16.0. The third-order valence-corrected chi connectivity index (χ3v) is 5.25. The number of aromatic hydroxyl groups is 1. The number of aromatic nitrogens is 3. The normalized spacial score (nSPS) is 13.2. The molecule has 0 radical (unpaired) electrons. The van der Waals surface area contributed by atoms with Crippen molar-refractivity contribution in [3.63, 3.8) is 0 Å². The second kappa shape index (κ2) is 6.94. The minimum absolute atomic E-state index is 0.115. The van der Waals surface area contributed by atoms with E-state index in [1.165, 1.54) is 13.4 Å². The van der Waals surface area contributed by atoms with Crippen LogP contribution in [0.4, 0.5) is 5.69 Å². The molecule has 0 amide bonds. The van der Waals surface area contributed by atoms with Gasteiger partial charge in [-0.2, -0.15) is 5.10 Å². The lowest BCUT2D eigenvalue weighted by Crippen LogP contribution is -2.35. The van der Waals surface area contributed by atoms with Crippen LogP contribution in [0.15, 0.2) is 67.1 Å². The standard InChI is InChI=1S/C22H20N4O3/c1-22(21(28)29-2,14-7-9-15(27)10-8-14)17-11-12-26-20(17)19(24-13-25-26)16-5-3-4-6-18(16)23/h3-13,27H,23H2,1-2H3. The third kappa shape index (κ3) is 2.87. The maximum absolute atomic E-state index is 13.0. The Hall–Kier alpha value is -3.87. The Labute approximate surface area is 167 Å². The number of nitrogens with zero attached hydrogens (tertiary/aromatic N) is 3. The van der Waals surface area contributed by atoms with E-state index in [1.807, 2.05) is 24.3 Å². The number of benzene rings is 2. The number of carbonyl (C=O) groups excluding carboxylic acids is 1. The average molecular weight is 388 g/mol. The van der Waals surface area contributed by atoms with Gasteiger partial charge in [-0.15, -0.1) is 0 Å². The number of ether oxygens (including phenoxy) is 1. The highest BCUT2D eigenvalue weighted by Crippen LogP contribution is 2.40. The molecule has 2 aromatic carbocycles. The van der Waals surface area contributed by atoms with E-state index in [2.05, 4.69) is 10.1 Å². The Kier molecular flexibility index (Phi) is 4.43. The van der Waals surface area contributed by atoms with Crippen molar-refractivity contribution in [2.24, 2.45) is 0 Å². The van der Waals surface area contributed by atoms with Gasteiger partial charge in [-0.25, -0.2) is 9.50 Å². The number of rotatable bonds is 4. The summed E-state index contributed by atoms with van der Waals surface area (Å²) in [7, 11) is 1.35. The van der Waals surface area contributed by atoms with Crippen LogP contribution < -0.4 is 5.73 Å². The first-order chi connectivity index (χ1) is 14.0. The quantitative estimate of drug-likeness (QED) is 0.411. The van der Waals surface area contributed by atoms with Crippen LogP contribution in [0.25, 0.3) is 16.8 Å². The van der Waals surface area contributed by atoms with Crippen molar-refractivity contribution in [1.29, 1.82) is 0 Å². The predicted octanol–water partition coefficient (Wildman–Crippen LogP) is 3.16. The third-order valence-electron chi connectivity index (χ3n) is 5.25. The molecule has 0 aliphatic rings. The van der Waals surface area contributed by atoms with Crippen LogP contribution in [0.2, 0.25) is 0 Å². The lowest BCUT2D eigenvalue weighted by molar-refractivity contribution is -0.145. The van der Waals surface area contributed by atoms with E-state index in [9.17, 15) is 9.90 Å². The molecule has 1 atom stereocenters. The lowest BCUT2D eigenvalue weighted by Gasteiger charge is -2.27. The number of nitrogen functional groups attached to an aromatic ring is 1. The summed E-state index contributed by atoms with van der Waals surface area (Å²) in [5, 5.41) is 14.0. The van der Waals surface area contributed by atoms with Gasteiger partial charge in [0.2, 0.25) is 0 Å². The van der Waals surface area contributed by atoms with Crippen molar-refractivity contribution >= 4 is 17.2 Å². The molecule has 1 unspecified atom stereocenters. The first-order valence-electron chi connectivity index (χ1n) is 9.02. The van der Waals surface area contributed by atoms with E-state index in [-0.39, 0.29) is 5.75 Å². The summed E-state index contributed by atoms with van der Waals surface area (Å²) in [6.45, 7) is 1.78. The molecular weight excluding hydrogens is 368 g/mol. The highest BCUT2D eigenvalue weighted by Gasteiger charge is 2.41. The number of fused-ring (bicyclic) bond motifs is 1. The largest absolute Gasteiger partial charge is 0.508 e. The van der Waals surface area contributed by atoms with Gasteiger partial charge in [-0.1, -0.05) is 30.3 Å². The van der Waals surface area contributed by atoms with Gasteiger partial charge >= 0.3 is 5.97 Å². The molecule has 0 saturated heterocycles. The van der Waals surface area contributed by atoms with Crippen molar-refractivity contribution in [1.82, 2.24) is 14.6 Å². The van der Waals surface area contributed by atoms with E-state index in [4.69, 9.17) is 10.5 Å². The van der Waals surface area contributed by atoms with E-state index in [0.29, 0.717) is 28.0 Å². The molecule has 3 N–H and O–H groups in total. The molecule has 0 saturated carbocycles. The number of esters is 1. The van der Waals surface area contributed by atoms with Crippen LogP contribution in [-0.4, -0.2) is 32.8 Å². The smallest absolute Gasteiger partial charge is 0.320 e. The van der Waals surface area contributed by atoms with Crippen LogP contribution in [0.1, 0.15) is 18.1 Å². The maximum atomic E-state index is 13.0. The van der Waals surface area contributed by atoms with Crippen LogP contribution in [0, 0.1) is 0 Å². The van der Waals surface area contributed by atoms with Crippen LogP contribution in [0.3, 0.4) is 0 Å². The Morgan fingerprint density at radius 2 is 1.86 bits per heavy atom. The molecule has 2 aromatic heterocycles. The Morgan fingerprint density at radius 3 is 2.55 bits per heavy atom. The van der Waals surface area contributed by atoms with Crippen molar-refractivity contribution in [3.8, 4) is 17.0 Å². The summed E-state index contributed by atoms with van der Waals surface area (Å²) in [6, 6.07) is 15.7. The monoisotopic (exact) mass is 388 g/mol. The fraction of sp³-hybridized carbons (Fsp3) is 0.136. The summed E-state index contributed by atoms with van der Waals surface area (Å²) in [5.41, 5.74) is 8.99. The lowest BCUT2D eigenvalue weighted by atomic mass is 9.76. The summed E-state index contributed by atoms with van der Waals surface area (Å²) in [5.74, 6) is -0.323. The van der Waals surface area contributed by atoms with Crippen molar-refractivity contribution in [3.05, 3.63) is 78.2 Å². The molecule has 0 bridgehead atoms. The molecule has 2 heterocycles. The van der Waals surface area contributed by atoms with Crippen LogP contribution in [0.5, 0.6) is 5.75 Å². The molecule has 7 heteroatoms. The van der Waals surface area contributed by atoms with Gasteiger partial charge in [-0.3, -0.25) is 4.79 Å². The molecule has 4 rings (SSSR count). The zero-order valence-corrected chi connectivity index (χ0v) is 16.0. The highest BCUT2D eigenvalue weighted by molar-refractivity contribution is 5.94. The second-order valence-electron chi connectivity index (χ2n) is 6.88. The summed E-state index contributed by atoms with van der Waals surface area (Å²) in [6.07, 6.45) is 3.23.